The first kappa shape index (κ1) is 16.5. The third-order valence-electron chi connectivity index (χ3n) is 4.92. The molecule has 1 unspecified atom stereocenters. The van der Waals surface area contributed by atoms with Gasteiger partial charge < -0.3 is 14.5 Å². The van der Waals surface area contributed by atoms with Crippen molar-refractivity contribution >= 4 is 28.1 Å². The van der Waals surface area contributed by atoms with Crippen molar-refractivity contribution in [2.24, 2.45) is 5.92 Å². The molecule has 0 bridgehead atoms. The van der Waals surface area contributed by atoms with Gasteiger partial charge >= 0.3 is 0 Å². The molecule has 1 atom stereocenters. The molecule has 8 heteroatoms. The van der Waals surface area contributed by atoms with Gasteiger partial charge in [-0.25, -0.2) is 4.98 Å². The number of fused-ring (bicyclic) bond motifs is 1. The minimum Gasteiger partial charge on any atom is -0.378 e. The Labute approximate surface area is 150 Å². The summed E-state index contributed by atoms with van der Waals surface area (Å²) >= 11 is 1.56. The number of thiazole rings is 1. The van der Waals surface area contributed by atoms with Crippen molar-refractivity contribution in [1.29, 1.82) is 0 Å². The third-order valence-corrected chi connectivity index (χ3v) is 5.69. The molecule has 0 saturated carbocycles. The van der Waals surface area contributed by atoms with Crippen LogP contribution in [0.15, 0.2) is 17.8 Å². The Morgan fingerprint density at radius 1 is 1.24 bits per heavy atom. The van der Waals surface area contributed by atoms with Crippen LogP contribution in [0.4, 0.5) is 0 Å². The summed E-state index contributed by atoms with van der Waals surface area (Å²) in [5, 5.41) is 1.97. The highest BCUT2D eigenvalue weighted by atomic mass is 32.1. The lowest BCUT2D eigenvalue weighted by atomic mass is 9.96. The van der Waals surface area contributed by atoms with Crippen LogP contribution in [0.2, 0.25) is 0 Å². The second-order valence-electron chi connectivity index (χ2n) is 6.62. The number of carbonyl (C=O) groups excluding carboxylic acids is 2. The second kappa shape index (κ2) is 7.13. The average Bonchev–Trinajstić information content (AvgIpc) is 3.23. The summed E-state index contributed by atoms with van der Waals surface area (Å²) in [6.45, 7) is 3.80. The van der Waals surface area contributed by atoms with Crippen molar-refractivity contribution in [3.8, 4) is 0 Å². The van der Waals surface area contributed by atoms with Crippen LogP contribution in [-0.2, 0) is 20.7 Å². The van der Waals surface area contributed by atoms with Gasteiger partial charge in [-0.2, -0.15) is 0 Å². The minimum absolute atomic E-state index is 0.0604. The third kappa shape index (κ3) is 3.55. The Morgan fingerprint density at radius 3 is 2.88 bits per heavy atom. The molecule has 2 aromatic rings. The molecule has 25 heavy (non-hydrogen) atoms. The van der Waals surface area contributed by atoms with E-state index in [9.17, 15) is 9.59 Å². The molecule has 2 aliphatic rings. The zero-order valence-corrected chi connectivity index (χ0v) is 14.9. The molecule has 134 valence electrons. The van der Waals surface area contributed by atoms with E-state index in [4.69, 9.17) is 4.74 Å². The molecule has 2 aromatic heterocycles. The van der Waals surface area contributed by atoms with Gasteiger partial charge in [0, 0.05) is 44.0 Å². The number of amides is 2. The van der Waals surface area contributed by atoms with Crippen molar-refractivity contribution in [2.45, 2.75) is 19.3 Å². The normalized spacial score (nSPS) is 21.7. The SMILES string of the molecule is O=C(Cc1cn2ccsc2n1)N1CCCC(C(=O)N2CCOCC2)C1. The van der Waals surface area contributed by atoms with Crippen molar-refractivity contribution < 1.29 is 14.3 Å². The van der Waals surface area contributed by atoms with Crippen LogP contribution in [0.3, 0.4) is 0 Å². The van der Waals surface area contributed by atoms with Gasteiger partial charge in [-0.15, -0.1) is 11.3 Å². The van der Waals surface area contributed by atoms with Crippen molar-refractivity contribution in [1.82, 2.24) is 19.2 Å². The highest BCUT2D eigenvalue weighted by Crippen LogP contribution is 2.21. The van der Waals surface area contributed by atoms with E-state index in [1.807, 2.05) is 32.0 Å². The number of piperidine rings is 1. The largest absolute Gasteiger partial charge is 0.378 e. The molecule has 4 heterocycles. The van der Waals surface area contributed by atoms with E-state index in [1.54, 1.807) is 11.3 Å². The zero-order valence-electron chi connectivity index (χ0n) is 14.1. The predicted octanol–water partition coefficient (Wildman–Crippen LogP) is 1.04. The lowest BCUT2D eigenvalue weighted by molar-refractivity contribution is -0.143. The lowest BCUT2D eigenvalue weighted by Gasteiger charge is -2.36. The summed E-state index contributed by atoms with van der Waals surface area (Å²) in [4.78, 5) is 34.4. The Morgan fingerprint density at radius 2 is 2.08 bits per heavy atom. The van der Waals surface area contributed by atoms with Gasteiger partial charge in [-0.05, 0) is 12.8 Å². The molecule has 0 spiro atoms. The highest BCUT2D eigenvalue weighted by Gasteiger charge is 2.32. The van der Waals surface area contributed by atoms with E-state index in [-0.39, 0.29) is 17.7 Å². The zero-order chi connectivity index (χ0) is 17.2. The molecule has 2 fully saturated rings. The summed E-state index contributed by atoms with van der Waals surface area (Å²) in [6.07, 6.45) is 5.89. The van der Waals surface area contributed by atoms with Gasteiger partial charge in [0.2, 0.25) is 11.8 Å². The lowest BCUT2D eigenvalue weighted by Crippen LogP contribution is -2.49. The van der Waals surface area contributed by atoms with E-state index >= 15 is 0 Å². The molecule has 2 amide bonds. The molecule has 0 aromatic carbocycles. The molecule has 2 aliphatic heterocycles. The highest BCUT2D eigenvalue weighted by molar-refractivity contribution is 7.15. The molecule has 0 N–H and O–H groups in total. The van der Waals surface area contributed by atoms with Crippen LogP contribution in [0.5, 0.6) is 0 Å². The van der Waals surface area contributed by atoms with E-state index in [2.05, 4.69) is 4.98 Å². The van der Waals surface area contributed by atoms with E-state index in [0.717, 1.165) is 30.0 Å². The molecular weight excluding hydrogens is 340 g/mol. The first-order valence-electron chi connectivity index (χ1n) is 8.76. The van der Waals surface area contributed by atoms with Crippen molar-refractivity contribution in [2.75, 3.05) is 39.4 Å². The maximum absolute atomic E-state index is 12.7. The number of carbonyl (C=O) groups is 2. The molecule has 4 rings (SSSR count). The molecular formula is C17H22N4O3S. The van der Waals surface area contributed by atoms with Gasteiger partial charge in [0.15, 0.2) is 4.96 Å². The number of ether oxygens (including phenoxy) is 1. The van der Waals surface area contributed by atoms with Crippen molar-refractivity contribution in [3.63, 3.8) is 0 Å². The van der Waals surface area contributed by atoms with Gasteiger partial charge in [-0.3, -0.25) is 14.0 Å². The fourth-order valence-electron chi connectivity index (χ4n) is 3.58. The quantitative estimate of drug-likeness (QED) is 0.818. The Kier molecular flexibility index (Phi) is 4.72. The van der Waals surface area contributed by atoms with Crippen LogP contribution in [0.25, 0.3) is 4.96 Å². The number of aromatic nitrogens is 2. The molecule has 7 nitrogen and oxygen atoms in total. The van der Waals surface area contributed by atoms with Gasteiger partial charge in [-0.1, -0.05) is 0 Å². The van der Waals surface area contributed by atoms with Crippen LogP contribution >= 0.6 is 11.3 Å². The van der Waals surface area contributed by atoms with Gasteiger partial charge in [0.05, 0.1) is 31.2 Å². The number of nitrogens with zero attached hydrogens (tertiary/aromatic N) is 4. The number of likely N-dealkylation sites (tertiary alicyclic amines) is 1. The van der Waals surface area contributed by atoms with Gasteiger partial charge in [0.25, 0.3) is 0 Å². The predicted molar refractivity (Wildman–Crippen MR) is 93.5 cm³/mol. The average molecular weight is 362 g/mol. The first-order valence-corrected chi connectivity index (χ1v) is 9.64. The minimum atomic E-state index is -0.0821. The Hall–Kier alpha value is -1.93. The smallest absolute Gasteiger partial charge is 0.228 e. The number of morpholine rings is 1. The standard InChI is InChI=1S/C17H22N4O3S/c22-15(10-14-12-21-6-9-25-17(21)18-14)20-3-1-2-13(11-20)16(23)19-4-7-24-8-5-19/h6,9,12-13H,1-5,7-8,10-11H2. The van der Waals surface area contributed by atoms with Crippen LogP contribution in [0, 0.1) is 5.92 Å². The monoisotopic (exact) mass is 362 g/mol. The maximum Gasteiger partial charge on any atom is 0.228 e. The summed E-state index contributed by atoms with van der Waals surface area (Å²) in [5.41, 5.74) is 0.790. The topological polar surface area (TPSA) is 67.2 Å². The fourth-order valence-corrected chi connectivity index (χ4v) is 4.29. The van der Waals surface area contributed by atoms with Crippen molar-refractivity contribution in [3.05, 3.63) is 23.5 Å². The first-order chi connectivity index (χ1) is 12.2. The van der Waals surface area contributed by atoms with Crippen LogP contribution < -0.4 is 0 Å². The summed E-state index contributed by atoms with van der Waals surface area (Å²) < 4.78 is 7.25. The van der Waals surface area contributed by atoms with Crippen LogP contribution in [-0.4, -0.2) is 70.4 Å². The molecule has 2 saturated heterocycles. The van der Waals surface area contributed by atoms with Crippen LogP contribution in [0.1, 0.15) is 18.5 Å². The summed E-state index contributed by atoms with van der Waals surface area (Å²) in [6, 6.07) is 0. The number of rotatable bonds is 3. The molecule has 0 radical (unpaired) electrons. The van der Waals surface area contributed by atoms with Gasteiger partial charge in [0.1, 0.15) is 0 Å². The van der Waals surface area contributed by atoms with E-state index in [1.165, 1.54) is 0 Å². The molecule has 0 aliphatic carbocycles. The fraction of sp³-hybridized carbons (Fsp3) is 0.588. The number of hydrogen-bond donors (Lipinski definition) is 0. The Bertz CT molecular complexity index is 736. The van der Waals surface area contributed by atoms with E-state index < -0.39 is 0 Å². The summed E-state index contributed by atoms with van der Waals surface area (Å²) in [7, 11) is 0. The van der Waals surface area contributed by atoms with E-state index in [0.29, 0.717) is 39.3 Å². The second-order valence-corrected chi connectivity index (χ2v) is 7.49. The summed E-state index contributed by atoms with van der Waals surface area (Å²) in [5.74, 6) is 0.148. The number of hydrogen-bond acceptors (Lipinski definition) is 5. The number of imidazole rings is 1. The Balaban J connectivity index is 1.37. The maximum atomic E-state index is 12.7.